The van der Waals surface area contributed by atoms with Crippen LogP contribution in [0.1, 0.15) is 30.0 Å². The fourth-order valence-corrected chi connectivity index (χ4v) is 3.52. The molecule has 0 aromatic heterocycles. The minimum atomic E-state index is -0.971. The molecule has 7 heteroatoms. The van der Waals surface area contributed by atoms with E-state index in [2.05, 4.69) is 15.9 Å². The van der Waals surface area contributed by atoms with Gasteiger partial charge in [-0.25, -0.2) is 0 Å². The van der Waals surface area contributed by atoms with Gasteiger partial charge in [0.05, 0.1) is 11.6 Å². The Morgan fingerprint density at radius 3 is 2.25 bits per heavy atom. The molecule has 144 valence electrons. The molecule has 3 rings (SSSR count). The highest BCUT2D eigenvalue weighted by molar-refractivity contribution is 9.10. The van der Waals surface area contributed by atoms with Gasteiger partial charge in [0, 0.05) is 23.0 Å². The lowest BCUT2D eigenvalue weighted by Crippen LogP contribution is -2.31. The van der Waals surface area contributed by atoms with E-state index in [1.165, 1.54) is 4.90 Å². The Morgan fingerprint density at radius 2 is 1.64 bits per heavy atom. The summed E-state index contributed by atoms with van der Waals surface area (Å²) in [6.45, 7) is 0.100. The van der Waals surface area contributed by atoms with Gasteiger partial charge in [0.15, 0.2) is 0 Å². The predicted molar refractivity (Wildman–Crippen MR) is 106 cm³/mol. The molecule has 0 aliphatic carbocycles. The number of Topliss-reactive ketones (excluding diaryl/α,β-unsaturated/α-hetero) is 1. The molecule has 1 unspecified atom stereocenters. The van der Waals surface area contributed by atoms with Gasteiger partial charge >= 0.3 is 5.97 Å². The lowest BCUT2D eigenvalue weighted by molar-refractivity contribution is -0.140. The van der Waals surface area contributed by atoms with Gasteiger partial charge in [0.2, 0.25) is 0 Å². The van der Waals surface area contributed by atoms with Crippen LogP contribution in [0.15, 0.2) is 64.6 Å². The molecule has 1 amide bonds. The van der Waals surface area contributed by atoms with Crippen LogP contribution in [0.25, 0.3) is 5.76 Å². The summed E-state index contributed by atoms with van der Waals surface area (Å²) in [6.07, 6.45) is 0.0928. The molecular formula is C21H18BrNO5. The SMILES string of the molecule is O=C(O)CCCN1C(=O)C(=O)/C(=C(/O)c2ccccc2)C1c1ccc(Br)cc1. The van der Waals surface area contributed by atoms with Crippen molar-refractivity contribution in [2.24, 2.45) is 0 Å². The standard InChI is InChI=1S/C21H18BrNO5/c22-15-10-8-13(9-11-15)18-17(19(26)14-5-2-1-3-6-14)20(27)21(28)23(18)12-4-7-16(24)25/h1-3,5-6,8-11,18,26H,4,7,12H2,(H,24,25)/b19-17+. The van der Waals surface area contributed by atoms with E-state index in [1.807, 2.05) is 0 Å². The van der Waals surface area contributed by atoms with Crippen molar-refractivity contribution >= 4 is 39.3 Å². The molecule has 6 nitrogen and oxygen atoms in total. The molecule has 2 aromatic rings. The fourth-order valence-electron chi connectivity index (χ4n) is 3.25. The molecule has 0 radical (unpaired) electrons. The monoisotopic (exact) mass is 443 g/mol. The van der Waals surface area contributed by atoms with Gasteiger partial charge < -0.3 is 15.1 Å². The van der Waals surface area contributed by atoms with E-state index in [0.717, 1.165) is 4.47 Å². The molecule has 0 saturated carbocycles. The quantitative estimate of drug-likeness (QED) is 0.402. The highest BCUT2D eigenvalue weighted by atomic mass is 79.9. The zero-order chi connectivity index (χ0) is 20.3. The summed E-state index contributed by atoms with van der Waals surface area (Å²) in [4.78, 5) is 37.6. The molecular weight excluding hydrogens is 426 g/mol. The van der Waals surface area contributed by atoms with Crippen molar-refractivity contribution in [2.75, 3.05) is 6.54 Å². The molecule has 1 heterocycles. The second kappa shape index (κ2) is 8.39. The number of carboxylic acids is 1. The second-order valence-electron chi connectivity index (χ2n) is 6.41. The van der Waals surface area contributed by atoms with Gasteiger partial charge in [-0.05, 0) is 24.1 Å². The first kappa shape index (κ1) is 19.8. The summed E-state index contributed by atoms with van der Waals surface area (Å²) in [5, 5.41) is 19.7. The van der Waals surface area contributed by atoms with Crippen molar-refractivity contribution in [1.82, 2.24) is 4.90 Å². The lowest BCUT2D eigenvalue weighted by Gasteiger charge is -2.25. The maximum Gasteiger partial charge on any atom is 0.303 e. The minimum Gasteiger partial charge on any atom is -0.507 e. The average Bonchev–Trinajstić information content (AvgIpc) is 2.93. The highest BCUT2D eigenvalue weighted by Crippen LogP contribution is 2.39. The summed E-state index contributed by atoms with van der Waals surface area (Å²) in [5.74, 6) is -2.73. The molecule has 1 aliphatic heterocycles. The van der Waals surface area contributed by atoms with E-state index < -0.39 is 23.7 Å². The summed E-state index contributed by atoms with van der Waals surface area (Å²) in [5.41, 5.74) is 1.11. The van der Waals surface area contributed by atoms with E-state index in [1.54, 1.807) is 54.6 Å². The van der Waals surface area contributed by atoms with Gasteiger partial charge in [0.1, 0.15) is 5.76 Å². The Balaban J connectivity index is 2.08. The topological polar surface area (TPSA) is 94.9 Å². The van der Waals surface area contributed by atoms with E-state index in [9.17, 15) is 19.5 Å². The third kappa shape index (κ3) is 3.99. The van der Waals surface area contributed by atoms with Crippen LogP contribution in [0.3, 0.4) is 0 Å². The number of amides is 1. The van der Waals surface area contributed by atoms with Crippen molar-refractivity contribution in [3.05, 3.63) is 75.8 Å². The van der Waals surface area contributed by atoms with Crippen LogP contribution in [-0.4, -0.2) is 39.3 Å². The molecule has 2 N–H and O–H groups in total. The van der Waals surface area contributed by atoms with Crippen LogP contribution >= 0.6 is 15.9 Å². The second-order valence-corrected chi connectivity index (χ2v) is 7.32. The van der Waals surface area contributed by atoms with Gasteiger partial charge in [-0.2, -0.15) is 0 Å². The van der Waals surface area contributed by atoms with E-state index in [0.29, 0.717) is 11.1 Å². The number of halogens is 1. The van der Waals surface area contributed by atoms with E-state index >= 15 is 0 Å². The molecule has 0 spiro atoms. The molecule has 1 aliphatic rings. The number of benzene rings is 2. The Kier molecular flexibility index (Phi) is 5.94. The van der Waals surface area contributed by atoms with Gasteiger partial charge in [-0.1, -0.05) is 58.4 Å². The first-order valence-corrected chi connectivity index (χ1v) is 9.50. The van der Waals surface area contributed by atoms with Gasteiger partial charge in [-0.3, -0.25) is 14.4 Å². The Hall–Kier alpha value is -2.93. The Bertz CT molecular complexity index is 937. The minimum absolute atomic E-state index is 0.00819. The van der Waals surface area contributed by atoms with Crippen molar-refractivity contribution in [3.8, 4) is 0 Å². The zero-order valence-electron chi connectivity index (χ0n) is 14.8. The number of likely N-dealkylation sites (tertiary alicyclic amines) is 1. The molecule has 0 bridgehead atoms. The summed E-state index contributed by atoms with van der Waals surface area (Å²) >= 11 is 3.36. The van der Waals surface area contributed by atoms with Crippen molar-refractivity contribution < 1.29 is 24.6 Å². The number of carbonyl (C=O) groups is 3. The predicted octanol–water partition coefficient (Wildman–Crippen LogP) is 3.74. The molecule has 1 atom stereocenters. The largest absolute Gasteiger partial charge is 0.507 e. The normalized spacial score (nSPS) is 18.5. The zero-order valence-corrected chi connectivity index (χ0v) is 16.4. The van der Waals surface area contributed by atoms with Crippen molar-refractivity contribution in [1.29, 1.82) is 0 Å². The van der Waals surface area contributed by atoms with E-state index in [4.69, 9.17) is 5.11 Å². The van der Waals surface area contributed by atoms with Crippen LogP contribution in [0.4, 0.5) is 0 Å². The first-order valence-electron chi connectivity index (χ1n) is 8.71. The number of aliphatic hydroxyl groups is 1. The number of hydrogen-bond acceptors (Lipinski definition) is 4. The van der Waals surface area contributed by atoms with Crippen molar-refractivity contribution in [3.63, 3.8) is 0 Å². The van der Waals surface area contributed by atoms with Crippen LogP contribution in [0.2, 0.25) is 0 Å². The van der Waals surface area contributed by atoms with Crippen molar-refractivity contribution in [2.45, 2.75) is 18.9 Å². The number of rotatable bonds is 6. The maximum absolute atomic E-state index is 12.7. The number of carboxylic acid groups (broad SMARTS) is 1. The number of hydrogen-bond donors (Lipinski definition) is 2. The molecule has 1 fully saturated rings. The summed E-state index contributed by atoms with van der Waals surface area (Å²) in [6, 6.07) is 14.9. The summed E-state index contributed by atoms with van der Waals surface area (Å²) < 4.78 is 0.835. The first-order chi connectivity index (χ1) is 13.4. The highest BCUT2D eigenvalue weighted by Gasteiger charge is 2.45. The van der Waals surface area contributed by atoms with Crippen LogP contribution in [-0.2, 0) is 14.4 Å². The number of nitrogens with zero attached hydrogens (tertiary/aromatic N) is 1. The average molecular weight is 444 g/mol. The van der Waals surface area contributed by atoms with Crippen LogP contribution < -0.4 is 0 Å². The Labute approximate surface area is 170 Å². The molecule has 28 heavy (non-hydrogen) atoms. The van der Waals surface area contributed by atoms with E-state index in [-0.39, 0.29) is 30.7 Å². The third-order valence-electron chi connectivity index (χ3n) is 4.56. The molecule has 1 saturated heterocycles. The number of aliphatic carboxylic acids is 1. The number of ketones is 1. The molecule has 2 aromatic carbocycles. The smallest absolute Gasteiger partial charge is 0.303 e. The van der Waals surface area contributed by atoms with Gasteiger partial charge in [0.25, 0.3) is 11.7 Å². The maximum atomic E-state index is 12.7. The van der Waals surface area contributed by atoms with Crippen LogP contribution in [0.5, 0.6) is 0 Å². The third-order valence-corrected chi connectivity index (χ3v) is 5.09. The van der Waals surface area contributed by atoms with Gasteiger partial charge in [-0.15, -0.1) is 0 Å². The fraction of sp³-hybridized carbons (Fsp3) is 0.190. The summed E-state index contributed by atoms with van der Waals surface area (Å²) in [7, 11) is 0. The van der Waals surface area contributed by atoms with Crippen LogP contribution in [0, 0.1) is 0 Å². The lowest BCUT2D eigenvalue weighted by atomic mass is 9.95. The number of aliphatic hydroxyl groups excluding tert-OH is 1. The Morgan fingerprint density at radius 1 is 1.00 bits per heavy atom. The number of carbonyl (C=O) groups excluding carboxylic acids is 2.